The lowest BCUT2D eigenvalue weighted by Gasteiger charge is -2.36. The lowest BCUT2D eigenvalue weighted by Crippen LogP contribution is -2.47. The average molecular weight is 317 g/mol. The summed E-state index contributed by atoms with van der Waals surface area (Å²) in [4.78, 5) is 19.2. The van der Waals surface area contributed by atoms with E-state index in [2.05, 4.69) is 18.2 Å². The predicted octanol–water partition coefficient (Wildman–Crippen LogP) is 2.99. The van der Waals surface area contributed by atoms with Gasteiger partial charge in [0.05, 0.1) is 20.6 Å². The van der Waals surface area contributed by atoms with Gasteiger partial charge in [-0.3, -0.25) is 4.79 Å². The Bertz CT molecular complexity index is 638. The van der Waals surface area contributed by atoms with E-state index in [-0.39, 0.29) is 5.91 Å². The van der Waals surface area contributed by atoms with Crippen LogP contribution in [0.15, 0.2) is 24.3 Å². The van der Waals surface area contributed by atoms with Crippen LogP contribution in [0.5, 0.6) is 0 Å². The quantitative estimate of drug-likeness (QED) is 0.946. The number of rotatable bonds is 3. The molecule has 0 aliphatic carbocycles. The van der Waals surface area contributed by atoms with Crippen LogP contribution in [0.4, 0.5) is 0 Å². The number of likely N-dealkylation sites (tertiary alicyclic amines) is 1. The van der Waals surface area contributed by atoms with Crippen LogP contribution in [0.3, 0.4) is 0 Å². The van der Waals surface area contributed by atoms with Crippen molar-refractivity contribution in [2.24, 2.45) is 11.1 Å². The molecule has 1 aliphatic heterocycles. The van der Waals surface area contributed by atoms with Crippen LogP contribution in [-0.4, -0.2) is 35.4 Å². The second-order valence-electron chi connectivity index (χ2n) is 6.67. The van der Waals surface area contributed by atoms with Crippen molar-refractivity contribution in [1.29, 1.82) is 0 Å². The van der Waals surface area contributed by atoms with Gasteiger partial charge in [-0.2, -0.15) is 0 Å². The zero-order chi connectivity index (χ0) is 15.7. The van der Waals surface area contributed by atoms with E-state index in [1.807, 2.05) is 24.8 Å². The zero-order valence-corrected chi connectivity index (χ0v) is 14.0. The van der Waals surface area contributed by atoms with Gasteiger partial charge in [-0.15, -0.1) is 11.3 Å². The molecular weight excluding hydrogens is 294 g/mol. The molecule has 1 amide bonds. The highest BCUT2D eigenvalue weighted by Gasteiger charge is 2.33. The molecule has 0 atom stereocenters. The van der Waals surface area contributed by atoms with Gasteiger partial charge in [0.15, 0.2) is 0 Å². The normalized spacial score (nSPS) is 17.1. The molecule has 1 saturated heterocycles. The minimum atomic E-state index is -0.456. The fraction of sp³-hybridized carbons (Fsp3) is 0.529. The number of piperidine rings is 1. The molecular formula is C17H23N3OS. The Morgan fingerprint density at radius 3 is 2.68 bits per heavy atom. The predicted molar refractivity (Wildman–Crippen MR) is 91.0 cm³/mol. The van der Waals surface area contributed by atoms with E-state index in [9.17, 15) is 4.79 Å². The van der Waals surface area contributed by atoms with Crippen molar-refractivity contribution in [3.8, 4) is 0 Å². The largest absolute Gasteiger partial charge is 0.342 e. The summed E-state index contributed by atoms with van der Waals surface area (Å²) < 4.78 is 1.25. The lowest BCUT2D eigenvalue weighted by atomic mass is 9.89. The third-order valence-corrected chi connectivity index (χ3v) is 5.73. The highest BCUT2D eigenvalue weighted by Crippen LogP contribution is 2.34. The SMILES string of the molecule is CC(C)(CN)C(=O)N1CCC(c2nc3ccccc3s2)CC1. The molecule has 1 aliphatic rings. The fourth-order valence-corrected chi connectivity index (χ4v) is 4.05. The van der Waals surface area contributed by atoms with Crippen molar-refractivity contribution in [1.82, 2.24) is 9.88 Å². The van der Waals surface area contributed by atoms with Gasteiger partial charge in [-0.1, -0.05) is 12.1 Å². The first kappa shape index (κ1) is 15.4. The Balaban J connectivity index is 1.68. The van der Waals surface area contributed by atoms with Crippen LogP contribution in [0.25, 0.3) is 10.2 Å². The summed E-state index contributed by atoms with van der Waals surface area (Å²) in [5, 5.41) is 1.21. The molecule has 2 N–H and O–H groups in total. The molecule has 1 fully saturated rings. The van der Waals surface area contributed by atoms with Crippen LogP contribution in [-0.2, 0) is 4.79 Å². The van der Waals surface area contributed by atoms with Crippen molar-refractivity contribution in [3.63, 3.8) is 0 Å². The first-order chi connectivity index (χ1) is 10.5. The monoisotopic (exact) mass is 317 g/mol. The number of aromatic nitrogens is 1. The number of nitrogens with zero attached hydrogens (tertiary/aromatic N) is 2. The topological polar surface area (TPSA) is 59.2 Å². The van der Waals surface area contributed by atoms with Gasteiger partial charge in [0.25, 0.3) is 0 Å². The number of thiazole rings is 1. The molecule has 0 saturated carbocycles. The summed E-state index contributed by atoms with van der Waals surface area (Å²) in [5.41, 5.74) is 6.35. The molecule has 5 heteroatoms. The van der Waals surface area contributed by atoms with Gasteiger partial charge >= 0.3 is 0 Å². The second-order valence-corrected chi connectivity index (χ2v) is 7.74. The van der Waals surface area contributed by atoms with Crippen molar-refractivity contribution < 1.29 is 4.79 Å². The number of carbonyl (C=O) groups is 1. The standard InChI is InChI=1S/C17H23N3OS/c1-17(2,11-18)16(21)20-9-7-12(8-10-20)15-19-13-5-3-4-6-14(13)22-15/h3-6,12H,7-11,18H2,1-2H3. The summed E-state index contributed by atoms with van der Waals surface area (Å²) in [7, 11) is 0. The Kier molecular flexibility index (Phi) is 4.19. The van der Waals surface area contributed by atoms with E-state index >= 15 is 0 Å². The summed E-state index contributed by atoms with van der Waals surface area (Å²) in [6, 6.07) is 8.28. The Morgan fingerprint density at radius 1 is 1.36 bits per heavy atom. The minimum Gasteiger partial charge on any atom is -0.342 e. The number of benzene rings is 1. The van der Waals surface area contributed by atoms with Crippen LogP contribution in [0.2, 0.25) is 0 Å². The first-order valence-electron chi connectivity index (χ1n) is 7.86. The maximum absolute atomic E-state index is 12.5. The summed E-state index contributed by atoms with van der Waals surface area (Å²) in [6.45, 7) is 5.86. The van der Waals surface area contributed by atoms with Crippen molar-refractivity contribution in [2.75, 3.05) is 19.6 Å². The molecule has 0 radical (unpaired) electrons. The smallest absolute Gasteiger partial charge is 0.229 e. The molecule has 1 aromatic heterocycles. The highest BCUT2D eigenvalue weighted by atomic mass is 32.1. The van der Waals surface area contributed by atoms with Crippen LogP contribution >= 0.6 is 11.3 Å². The summed E-state index contributed by atoms with van der Waals surface area (Å²) in [5.74, 6) is 0.653. The molecule has 2 aromatic rings. The van der Waals surface area contributed by atoms with E-state index in [0.29, 0.717) is 12.5 Å². The number of nitrogens with two attached hydrogens (primary N) is 1. The Labute approximate surface area is 135 Å². The molecule has 2 heterocycles. The number of hydrogen-bond acceptors (Lipinski definition) is 4. The van der Waals surface area contributed by atoms with Crippen molar-refractivity contribution in [2.45, 2.75) is 32.6 Å². The van der Waals surface area contributed by atoms with E-state index in [1.54, 1.807) is 11.3 Å². The van der Waals surface area contributed by atoms with Crippen LogP contribution < -0.4 is 5.73 Å². The van der Waals surface area contributed by atoms with E-state index in [1.165, 1.54) is 9.71 Å². The lowest BCUT2D eigenvalue weighted by molar-refractivity contribution is -0.140. The fourth-order valence-electron chi connectivity index (χ4n) is 2.91. The second kappa shape index (κ2) is 5.97. The molecule has 118 valence electrons. The average Bonchev–Trinajstić information content (AvgIpc) is 2.98. The van der Waals surface area contributed by atoms with Gasteiger partial charge in [0.1, 0.15) is 0 Å². The van der Waals surface area contributed by atoms with Gasteiger partial charge < -0.3 is 10.6 Å². The molecule has 4 nitrogen and oxygen atoms in total. The molecule has 22 heavy (non-hydrogen) atoms. The van der Waals surface area contributed by atoms with Crippen LogP contribution in [0, 0.1) is 5.41 Å². The van der Waals surface area contributed by atoms with E-state index in [4.69, 9.17) is 10.7 Å². The minimum absolute atomic E-state index is 0.178. The maximum Gasteiger partial charge on any atom is 0.229 e. The first-order valence-corrected chi connectivity index (χ1v) is 8.68. The van der Waals surface area contributed by atoms with Crippen molar-refractivity contribution in [3.05, 3.63) is 29.3 Å². The third kappa shape index (κ3) is 2.88. The zero-order valence-electron chi connectivity index (χ0n) is 13.2. The number of amides is 1. The number of carbonyl (C=O) groups excluding carboxylic acids is 1. The summed E-state index contributed by atoms with van der Waals surface area (Å²) in [6.07, 6.45) is 1.98. The van der Waals surface area contributed by atoms with E-state index < -0.39 is 5.41 Å². The number of hydrogen-bond donors (Lipinski definition) is 1. The molecule has 0 bridgehead atoms. The van der Waals surface area contributed by atoms with E-state index in [0.717, 1.165) is 31.4 Å². The van der Waals surface area contributed by atoms with Gasteiger partial charge in [-0.05, 0) is 38.8 Å². The Hall–Kier alpha value is -1.46. The Morgan fingerprint density at radius 2 is 2.05 bits per heavy atom. The van der Waals surface area contributed by atoms with Crippen molar-refractivity contribution >= 4 is 27.5 Å². The third-order valence-electron chi connectivity index (χ3n) is 4.53. The van der Waals surface area contributed by atoms with Gasteiger partial charge in [-0.25, -0.2) is 4.98 Å². The molecule has 0 unspecified atom stereocenters. The molecule has 3 rings (SSSR count). The number of fused-ring (bicyclic) bond motifs is 1. The molecule has 1 aromatic carbocycles. The highest BCUT2D eigenvalue weighted by molar-refractivity contribution is 7.18. The van der Waals surface area contributed by atoms with Gasteiger partial charge in [0, 0.05) is 25.6 Å². The van der Waals surface area contributed by atoms with Gasteiger partial charge in [0.2, 0.25) is 5.91 Å². The molecule has 0 spiro atoms. The summed E-state index contributed by atoms with van der Waals surface area (Å²) >= 11 is 1.79. The maximum atomic E-state index is 12.5. The van der Waals surface area contributed by atoms with Crippen LogP contribution in [0.1, 0.15) is 37.6 Å². The number of para-hydroxylation sites is 1.